The lowest BCUT2D eigenvalue weighted by Crippen LogP contribution is -2.59. The van der Waals surface area contributed by atoms with E-state index >= 15 is 0 Å². The molecule has 2 aliphatic heterocycles. The van der Waals surface area contributed by atoms with E-state index in [1.165, 1.54) is 0 Å². The average Bonchev–Trinajstić information content (AvgIpc) is 2.14. The number of fused-ring (bicyclic) bond motifs is 2. The molecule has 2 heterocycles. The van der Waals surface area contributed by atoms with E-state index in [0.717, 1.165) is 13.1 Å². The van der Waals surface area contributed by atoms with Crippen molar-refractivity contribution in [2.75, 3.05) is 26.2 Å². The number of carbonyl (C=O) groups is 1. The maximum Gasteiger partial charge on any atom is 0.410 e. The Labute approximate surface area is 96.1 Å². The third-order valence-electron chi connectivity index (χ3n) is 2.63. The normalized spacial score (nSPS) is 30.1. The highest BCUT2D eigenvalue weighted by atomic mass is 16.6. The number of morpholine rings is 2. The van der Waals surface area contributed by atoms with Crippen LogP contribution in [0.15, 0.2) is 0 Å². The van der Waals surface area contributed by atoms with Gasteiger partial charge in [0.15, 0.2) is 0 Å². The highest BCUT2D eigenvalue weighted by Gasteiger charge is 2.35. The minimum absolute atomic E-state index is 0.111. The topological polar surface area (TPSA) is 50.8 Å². The molecular weight excluding hydrogens is 208 g/mol. The van der Waals surface area contributed by atoms with E-state index in [0.29, 0.717) is 13.1 Å². The van der Waals surface area contributed by atoms with Crippen LogP contribution in [0.1, 0.15) is 20.8 Å². The highest BCUT2D eigenvalue weighted by Crippen LogP contribution is 2.17. The first-order valence-corrected chi connectivity index (χ1v) is 5.78. The van der Waals surface area contributed by atoms with E-state index in [-0.39, 0.29) is 18.3 Å². The molecule has 2 bridgehead atoms. The van der Waals surface area contributed by atoms with Gasteiger partial charge in [-0.15, -0.1) is 0 Å². The zero-order valence-corrected chi connectivity index (χ0v) is 10.2. The standard InChI is InChI=1S/C11H20N2O3/c1-11(2,3)16-10(14)13-6-8-4-12-5-9(7-13)15-8/h8-9,12H,4-7H2,1-3H3/t8-,9+. The van der Waals surface area contributed by atoms with Gasteiger partial charge in [0.25, 0.3) is 0 Å². The number of nitrogens with one attached hydrogen (secondary N) is 1. The first-order chi connectivity index (χ1) is 7.44. The summed E-state index contributed by atoms with van der Waals surface area (Å²) in [5.41, 5.74) is -0.428. The summed E-state index contributed by atoms with van der Waals surface area (Å²) in [6.45, 7) is 8.53. The van der Waals surface area contributed by atoms with Gasteiger partial charge in [-0.25, -0.2) is 4.79 Å². The first-order valence-electron chi connectivity index (χ1n) is 5.78. The summed E-state index contributed by atoms with van der Waals surface area (Å²) in [4.78, 5) is 13.6. The van der Waals surface area contributed by atoms with Gasteiger partial charge in [0.2, 0.25) is 0 Å². The van der Waals surface area contributed by atoms with Crippen molar-refractivity contribution in [1.29, 1.82) is 0 Å². The third-order valence-corrected chi connectivity index (χ3v) is 2.63. The van der Waals surface area contributed by atoms with Gasteiger partial charge in [0, 0.05) is 13.1 Å². The predicted octanol–water partition coefficient (Wildman–Crippen LogP) is 0.594. The second-order valence-electron chi connectivity index (χ2n) is 5.42. The molecule has 2 rings (SSSR count). The van der Waals surface area contributed by atoms with E-state index in [2.05, 4.69) is 5.32 Å². The molecule has 0 aromatic carbocycles. The van der Waals surface area contributed by atoms with Gasteiger partial charge in [-0.05, 0) is 20.8 Å². The molecule has 2 aliphatic rings. The van der Waals surface area contributed by atoms with Crippen LogP contribution in [0.2, 0.25) is 0 Å². The lowest BCUT2D eigenvalue weighted by atomic mass is 10.1. The number of hydrogen-bond acceptors (Lipinski definition) is 4. The van der Waals surface area contributed by atoms with E-state index in [1.54, 1.807) is 4.90 Å². The van der Waals surface area contributed by atoms with Crippen LogP contribution in [-0.4, -0.2) is 55.0 Å². The van der Waals surface area contributed by atoms with Gasteiger partial charge < -0.3 is 19.7 Å². The molecule has 5 nitrogen and oxygen atoms in total. The Kier molecular flexibility index (Phi) is 3.08. The molecule has 0 aliphatic carbocycles. The molecule has 0 radical (unpaired) electrons. The first kappa shape index (κ1) is 11.7. The van der Waals surface area contributed by atoms with Crippen LogP contribution in [0, 0.1) is 0 Å². The van der Waals surface area contributed by atoms with Gasteiger partial charge >= 0.3 is 6.09 Å². The summed E-state index contributed by atoms with van der Waals surface area (Å²) in [5.74, 6) is 0. The monoisotopic (exact) mass is 228 g/mol. The SMILES string of the molecule is CC(C)(C)OC(=O)N1C[C@H]2CNC[C@@H](C1)O2. The molecule has 0 aromatic heterocycles. The summed E-state index contributed by atoms with van der Waals surface area (Å²) in [6, 6.07) is 0. The summed E-state index contributed by atoms with van der Waals surface area (Å²) in [6.07, 6.45) is -0.00673. The highest BCUT2D eigenvalue weighted by molar-refractivity contribution is 5.68. The summed E-state index contributed by atoms with van der Waals surface area (Å²) < 4.78 is 11.1. The lowest BCUT2D eigenvalue weighted by molar-refractivity contribution is -0.102. The molecule has 2 atom stereocenters. The van der Waals surface area contributed by atoms with Crippen molar-refractivity contribution < 1.29 is 14.3 Å². The van der Waals surface area contributed by atoms with Crippen molar-refractivity contribution in [3.05, 3.63) is 0 Å². The van der Waals surface area contributed by atoms with Crippen LogP contribution >= 0.6 is 0 Å². The number of ether oxygens (including phenoxy) is 2. The fraction of sp³-hybridized carbons (Fsp3) is 0.909. The van der Waals surface area contributed by atoms with E-state index < -0.39 is 5.60 Å². The largest absolute Gasteiger partial charge is 0.444 e. The number of carbonyl (C=O) groups excluding carboxylic acids is 1. The zero-order valence-electron chi connectivity index (χ0n) is 10.2. The molecule has 1 amide bonds. The number of hydrogen-bond donors (Lipinski definition) is 1. The quantitative estimate of drug-likeness (QED) is 0.659. The van der Waals surface area contributed by atoms with Crippen molar-refractivity contribution in [2.24, 2.45) is 0 Å². The van der Waals surface area contributed by atoms with Crippen LogP contribution in [0.4, 0.5) is 4.79 Å². The van der Waals surface area contributed by atoms with Crippen molar-refractivity contribution in [3.63, 3.8) is 0 Å². The van der Waals surface area contributed by atoms with Crippen molar-refractivity contribution in [1.82, 2.24) is 10.2 Å². The predicted molar refractivity (Wildman–Crippen MR) is 59.3 cm³/mol. The van der Waals surface area contributed by atoms with Crippen molar-refractivity contribution in [2.45, 2.75) is 38.6 Å². The van der Waals surface area contributed by atoms with Crippen molar-refractivity contribution >= 4 is 6.09 Å². The second kappa shape index (κ2) is 4.22. The Morgan fingerprint density at radius 1 is 1.31 bits per heavy atom. The van der Waals surface area contributed by atoms with Crippen LogP contribution in [-0.2, 0) is 9.47 Å². The number of rotatable bonds is 0. The molecule has 0 aromatic rings. The molecule has 0 unspecified atom stereocenters. The third kappa shape index (κ3) is 2.86. The van der Waals surface area contributed by atoms with E-state index in [1.807, 2.05) is 20.8 Å². The summed E-state index contributed by atoms with van der Waals surface area (Å²) in [7, 11) is 0. The Hall–Kier alpha value is -0.810. The Morgan fingerprint density at radius 3 is 2.38 bits per heavy atom. The maximum atomic E-state index is 11.9. The molecule has 0 saturated carbocycles. The van der Waals surface area contributed by atoms with E-state index in [4.69, 9.17) is 9.47 Å². The molecule has 5 heteroatoms. The van der Waals surface area contributed by atoms with E-state index in [9.17, 15) is 4.79 Å². The molecule has 16 heavy (non-hydrogen) atoms. The molecular formula is C11H20N2O3. The van der Waals surface area contributed by atoms with Crippen molar-refractivity contribution in [3.8, 4) is 0 Å². The van der Waals surface area contributed by atoms with Crippen LogP contribution in [0.5, 0.6) is 0 Å². The van der Waals surface area contributed by atoms with Crippen LogP contribution in [0.25, 0.3) is 0 Å². The zero-order chi connectivity index (χ0) is 11.8. The number of amides is 1. The second-order valence-corrected chi connectivity index (χ2v) is 5.42. The molecule has 2 fully saturated rings. The molecule has 1 N–H and O–H groups in total. The molecule has 2 saturated heterocycles. The van der Waals surface area contributed by atoms with Gasteiger partial charge in [-0.2, -0.15) is 0 Å². The minimum atomic E-state index is -0.428. The van der Waals surface area contributed by atoms with Gasteiger partial charge in [0.1, 0.15) is 5.60 Å². The van der Waals surface area contributed by atoms with Gasteiger partial charge in [-0.3, -0.25) is 0 Å². The lowest BCUT2D eigenvalue weighted by Gasteiger charge is -2.41. The summed E-state index contributed by atoms with van der Waals surface area (Å²) >= 11 is 0. The number of nitrogens with zero attached hydrogens (tertiary/aromatic N) is 1. The molecule has 0 spiro atoms. The fourth-order valence-corrected chi connectivity index (χ4v) is 2.03. The van der Waals surface area contributed by atoms with Gasteiger partial charge in [0.05, 0.1) is 25.3 Å². The van der Waals surface area contributed by atoms with Crippen LogP contribution < -0.4 is 5.32 Å². The Balaban J connectivity index is 1.92. The average molecular weight is 228 g/mol. The Bertz CT molecular complexity index is 263. The maximum absolute atomic E-state index is 11.9. The molecule has 92 valence electrons. The van der Waals surface area contributed by atoms with Gasteiger partial charge in [-0.1, -0.05) is 0 Å². The summed E-state index contributed by atoms with van der Waals surface area (Å²) in [5, 5.41) is 3.29. The van der Waals surface area contributed by atoms with Crippen LogP contribution in [0.3, 0.4) is 0 Å². The Morgan fingerprint density at radius 2 is 1.88 bits per heavy atom. The fourth-order valence-electron chi connectivity index (χ4n) is 2.03. The smallest absolute Gasteiger partial charge is 0.410 e. The minimum Gasteiger partial charge on any atom is -0.444 e.